The molecule has 0 atom stereocenters. The Balaban J connectivity index is 0.00000225. The third-order valence-corrected chi connectivity index (χ3v) is 6.10. The minimum absolute atomic E-state index is 0. The highest BCUT2D eigenvalue weighted by molar-refractivity contribution is 8.03. The van der Waals surface area contributed by atoms with Crippen LogP contribution in [0.3, 0.4) is 0 Å². The van der Waals surface area contributed by atoms with E-state index in [0.717, 1.165) is 13.1 Å². The number of halogens is 1. The molecule has 1 aliphatic heterocycles. The van der Waals surface area contributed by atoms with Crippen molar-refractivity contribution in [2.45, 2.75) is 32.2 Å². The molecule has 4 rings (SSSR count). The Hall–Kier alpha value is -2.04. The Kier molecular flexibility index (Phi) is 6.31. The lowest BCUT2D eigenvalue weighted by Gasteiger charge is -2.18. The summed E-state index contributed by atoms with van der Waals surface area (Å²) in [6, 6.07) is 17.8. The van der Waals surface area contributed by atoms with Crippen LogP contribution in [0.2, 0.25) is 0 Å². The maximum atomic E-state index is 3.96. The average Bonchev–Trinajstić information content (AvgIpc) is 2.98. The first kappa shape index (κ1) is 20.7. The highest BCUT2D eigenvalue weighted by Crippen LogP contribution is 2.46. The Morgan fingerprint density at radius 3 is 2.54 bits per heavy atom. The number of thioether (sulfide) groups is 1. The maximum Gasteiger partial charge on any atom is 0.212 e. The lowest BCUT2D eigenvalue weighted by molar-refractivity contribution is -0.669. The number of rotatable bonds is 4. The zero-order chi connectivity index (χ0) is 19.0. The molecule has 0 spiro atoms. The van der Waals surface area contributed by atoms with Crippen molar-refractivity contribution in [2.75, 3.05) is 11.4 Å². The summed E-state index contributed by atoms with van der Waals surface area (Å²) in [6.45, 7) is 12.2. The van der Waals surface area contributed by atoms with Gasteiger partial charge in [0.25, 0.3) is 0 Å². The first-order valence-electron chi connectivity index (χ1n) is 9.42. The molecule has 0 unspecified atom stereocenters. The molecule has 28 heavy (non-hydrogen) atoms. The van der Waals surface area contributed by atoms with Gasteiger partial charge in [0, 0.05) is 35.0 Å². The second-order valence-electron chi connectivity index (χ2n) is 7.02. The van der Waals surface area contributed by atoms with E-state index in [1.165, 1.54) is 43.3 Å². The Bertz CT molecular complexity index is 1070. The van der Waals surface area contributed by atoms with E-state index < -0.39 is 0 Å². The van der Waals surface area contributed by atoms with E-state index in [0.29, 0.717) is 0 Å². The van der Waals surface area contributed by atoms with Crippen molar-refractivity contribution in [1.82, 2.24) is 0 Å². The molecular formula is C24H25BrN2S. The van der Waals surface area contributed by atoms with Crippen molar-refractivity contribution in [3.63, 3.8) is 0 Å². The number of aryl methyl sites for hydroxylation is 3. The van der Waals surface area contributed by atoms with Crippen LogP contribution in [0.25, 0.3) is 17.0 Å². The highest BCUT2D eigenvalue weighted by Gasteiger charge is 2.25. The van der Waals surface area contributed by atoms with E-state index in [-0.39, 0.29) is 17.0 Å². The smallest absolute Gasteiger partial charge is 0.212 e. The number of pyridine rings is 1. The molecule has 0 radical (unpaired) electrons. The van der Waals surface area contributed by atoms with Gasteiger partial charge in [0.2, 0.25) is 11.2 Å². The first-order chi connectivity index (χ1) is 13.1. The molecule has 0 saturated carbocycles. The van der Waals surface area contributed by atoms with Gasteiger partial charge in [0.05, 0.1) is 10.7 Å². The van der Waals surface area contributed by atoms with Crippen LogP contribution in [-0.4, -0.2) is 6.54 Å². The summed E-state index contributed by atoms with van der Waals surface area (Å²) >= 11 is 1.85. The quantitative estimate of drug-likeness (QED) is 0.443. The van der Waals surface area contributed by atoms with Crippen molar-refractivity contribution in [3.05, 3.63) is 83.0 Å². The van der Waals surface area contributed by atoms with Gasteiger partial charge in [-0.15, -0.1) is 6.58 Å². The molecule has 2 nitrogen and oxygen atoms in total. The average molecular weight is 453 g/mol. The summed E-state index contributed by atoms with van der Waals surface area (Å²) in [5.74, 6) is 0. The topological polar surface area (TPSA) is 7.12 Å². The van der Waals surface area contributed by atoms with E-state index >= 15 is 0 Å². The van der Waals surface area contributed by atoms with Crippen molar-refractivity contribution >= 4 is 34.4 Å². The third-order valence-electron chi connectivity index (χ3n) is 5.01. The van der Waals surface area contributed by atoms with Crippen LogP contribution in [0, 0.1) is 13.8 Å². The molecule has 144 valence electrons. The van der Waals surface area contributed by atoms with E-state index in [9.17, 15) is 0 Å². The van der Waals surface area contributed by atoms with Gasteiger partial charge in [0.1, 0.15) is 6.54 Å². The number of nitrogens with zero attached hydrogens (tertiary/aromatic N) is 2. The zero-order valence-corrected chi connectivity index (χ0v) is 19.0. The molecule has 2 aromatic carbocycles. The summed E-state index contributed by atoms with van der Waals surface area (Å²) < 4.78 is 2.39. The van der Waals surface area contributed by atoms with Crippen LogP contribution >= 0.6 is 11.8 Å². The van der Waals surface area contributed by atoms with Crippen LogP contribution < -0.4 is 26.4 Å². The van der Waals surface area contributed by atoms with Gasteiger partial charge < -0.3 is 21.9 Å². The molecule has 0 bridgehead atoms. The van der Waals surface area contributed by atoms with Crippen LogP contribution in [0.1, 0.15) is 23.7 Å². The van der Waals surface area contributed by atoms with E-state index in [1.807, 2.05) is 17.8 Å². The molecule has 0 fully saturated rings. The predicted octanol–water partition coefficient (Wildman–Crippen LogP) is 2.86. The molecule has 4 heteroatoms. The van der Waals surface area contributed by atoms with E-state index in [4.69, 9.17) is 0 Å². The fourth-order valence-electron chi connectivity index (χ4n) is 3.70. The van der Waals surface area contributed by atoms with Gasteiger partial charge in [-0.25, -0.2) is 0 Å². The Morgan fingerprint density at radius 2 is 1.79 bits per heavy atom. The number of hydrogen-bond acceptors (Lipinski definition) is 2. The van der Waals surface area contributed by atoms with Gasteiger partial charge >= 0.3 is 0 Å². The fourth-order valence-corrected chi connectivity index (χ4v) is 4.92. The van der Waals surface area contributed by atoms with Crippen LogP contribution in [0.4, 0.5) is 5.69 Å². The Labute approximate surface area is 182 Å². The number of hydrogen-bond donors (Lipinski definition) is 0. The molecule has 1 aliphatic rings. The van der Waals surface area contributed by atoms with Gasteiger partial charge in [0.15, 0.2) is 0 Å². The normalized spacial score (nSPS) is 14.2. The number of benzene rings is 2. The first-order valence-corrected chi connectivity index (χ1v) is 10.2. The summed E-state index contributed by atoms with van der Waals surface area (Å²) in [7, 11) is 0. The van der Waals surface area contributed by atoms with Gasteiger partial charge in [-0.05, 0) is 50.6 Å². The van der Waals surface area contributed by atoms with Crippen molar-refractivity contribution in [2.24, 2.45) is 0 Å². The summed E-state index contributed by atoms with van der Waals surface area (Å²) in [6.07, 6.45) is 4.28. The maximum absolute atomic E-state index is 3.96. The van der Waals surface area contributed by atoms with Crippen molar-refractivity contribution in [1.29, 1.82) is 0 Å². The fraction of sp³-hybridized carbons (Fsp3) is 0.208. The van der Waals surface area contributed by atoms with Gasteiger partial charge in [-0.1, -0.05) is 35.5 Å². The largest absolute Gasteiger partial charge is 1.00 e. The predicted molar refractivity (Wildman–Crippen MR) is 117 cm³/mol. The van der Waals surface area contributed by atoms with Crippen LogP contribution in [0.15, 0.2) is 71.1 Å². The van der Waals surface area contributed by atoms with Crippen molar-refractivity contribution in [3.8, 4) is 0 Å². The summed E-state index contributed by atoms with van der Waals surface area (Å²) in [5.41, 5.74) is 6.38. The van der Waals surface area contributed by atoms with Gasteiger partial charge in [-0.3, -0.25) is 0 Å². The Morgan fingerprint density at radius 1 is 1.04 bits per heavy atom. The molecule has 0 amide bonds. The molecule has 0 saturated heterocycles. The van der Waals surface area contributed by atoms with E-state index in [2.05, 4.69) is 91.4 Å². The monoisotopic (exact) mass is 452 g/mol. The van der Waals surface area contributed by atoms with Gasteiger partial charge in [-0.2, -0.15) is 4.57 Å². The summed E-state index contributed by atoms with van der Waals surface area (Å²) in [5, 5.41) is 2.55. The van der Waals surface area contributed by atoms with Crippen molar-refractivity contribution < 1.29 is 21.5 Å². The molecule has 1 aromatic heterocycles. The highest BCUT2D eigenvalue weighted by atomic mass is 79.9. The third kappa shape index (κ3) is 3.76. The second kappa shape index (κ2) is 8.54. The molecule has 3 aromatic rings. The molecule has 0 aliphatic carbocycles. The number of fused-ring (bicyclic) bond motifs is 2. The molecule has 0 N–H and O–H groups in total. The zero-order valence-electron chi connectivity index (χ0n) is 16.6. The lowest BCUT2D eigenvalue weighted by atomic mass is 10.1. The van der Waals surface area contributed by atoms with E-state index in [1.54, 1.807) is 0 Å². The number of anilines is 1. The molecular weight excluding hydrogens is 428 g/mol. The molecule has 2 heterocycles. The minimum Gasteiger partial charge on any atom is -1.00 e. The minimum atomic E-state index is 0. The number of aromatic nitrogens is 1. The standard InChI is InChI=1S/C24H25N2S.BrH/c1-5-13-26-22-12-8-18(4)15-23(22)27-24(26)16-20-10-9-19-14-17(3)7-11-21(19)25(20)6-2;/h5,7-12,14-16H,1,6,13H2,2-4H3;1H/q+1;/p-1. The second-order valence-corrected chi connectivity index (χ2v) is 8.08. The van der Waals surface area contributed by atoms with Crippen LogP contribution in [0.5, 0.6) is 0 Å². The summed E-state index contributed by atoms with van der Waals surface area (Å²) in [4.78, 5) is 3.67. The van der Waals surface area contributed by atoms with Crippen LogP contribution in [-0.2, 0) is 6.54 Å². The lowest BCUT2D eigenvalue weighted by Crippen LogP contribution is -3.00. The SMILES string of the molecule is C=CCN1/C(=C/c2ccc3cc(C)ccc3[n+]2CC)Sc2cc(C)ccc21.[Br-].